The maximum atomic E-state index is 13.1. The predicted molar refractivity (Wildman–Crippen MR) is 124 cm³/mol. The monoisotopic (exact) mass is 493 g/mol. The third-order valence-corrected chi connectivity index (χ3v) is 7.23. The second-order valence-electron chi connectivity index (χ2n) is 8.81. The van der Waals surface area contributed by atoms with Crippen LogP contribution in [0.4, 0.5) is 5.69 Å². The van der Waals surface area contributed by atoms with E-state index >= 15 is 0 Å². The van der Waals surface area contributed by atoms with Crippen LogP contribution in [0.25, 0.3) is 0 Å². The number of carbonyl (C=O) groups is 3. The summed E-state index contributed by atoms with van der Waals surface area (Å²) < 4.78 is 22.0. The molecule has 8 nitrogen and oxygen atoms in total. The summed E-state index contributed by atoms with van der Waals surface area (Å²) in [5, 5.41) is 4.15. The number of allylic oxidation sites excluding steroid dienone is 4. The van der Waals surface area contributed by atoms with Gasteiger partial charge in [-0.15, -0.1) is 0 Å². The van der Waals surface area contributed by atoms with Gasteiger partial charge in [-0.05, 0) is 65.3 Å². The van der Waals surface area contributed by atoms with Crippen molar-refractivity contribution in [3.8, 4) is 11.5 Å². The molecule has 2 aliphatic heterocycles. The van der Waals surface area contributed by atoms with Crippen molar-refractivity contribution in [1.29, 1.82) is 0 Å². The first-order chi connectivity index (χ1) is 16.9. The van der Waals surface area contributed by atoms with Crippen LogP contribution in [-0.4, -0.2) is 38.0 Å². The van der Waals surface area contributed by atoms with E-state index in [0.717, 1.165) is 16.8 Å². The summed E-state index contributed by atoms with van der Waals surface area (Å²) in [6, 6.07) is 10.8. The number of hydrogen-bond acceptors (Lipinski definition) is 8. The van der Waals surface area contributed by atoms with Gasteiger partial charge in [0.15, 0.2) is 17.3 Å². The number of rotatable bonds is 4. The molecule has 2 aromatic rings. The van der Waals surface area contributed by atoms with E-state index in [1.165, 1.54) is 13.2 Å². The molecule has 1 fully saturated rings. The Kier molecular flexibility index (Phi) is 5.07. The summed E-state index contributed by atoms with van der Waals surface area (Å²) in [7, 11) is 1.34. The Morgan fingerprint density at radius 3 is 2.40 bits per heavy atom. The summed E-state index contributed by atoms with van der Waals surface area (Å²) in [5.74, 6) is -2.03. The minimum absolute atomic E-state index is 0.0564. The Bertz CT molecular complexity index is 1330. The SMILES string of the molecule is COC1=CC([C@@H]2c3cc4c(cc3[C@@H](Nc3ccc(Cl)cc3)[C@H]3COC(=O)[C@@H]32)OCO4)=CC(=O)C1=O. The van der Waals surface area contributed by atoms with Crippen molar-refractivity contribution in [2.75, 3.05) is 25.8 Å². The van der Waals surface area contributed by atoms with E-state index in [-0.39, 0.29) is 37.1 Å². The van der Waals surface area contributed by atoms with Crippen LogP contribution in [0.15, 0.2) is 59.9 Å². The van der Waals surface area contributed by atoms with Crippen LogP contribution in [-0.2, 0) is 23.9 Å². The van der Waals surface area contributed by atoms with Gasteiger partial charge >= 0.3 is 5.97 Å². The lowest BCUT2D eigenvalue weighted by Gasteiger charge is -2.40. The molecule has 0 radical (unpaired) electrons. The molecule has 35 heavy (non-hydrogen) atoms. The van der Waals surface area contributed by atoms with Crippen molar-refractivity contribution in [1.82, 2.24) is 0 Å². The Morgan fingerprint density at radius 2 is 1.69 bits per heavy atom. The molecule has 1 N–H and O–H groups in total. The second kappa shape index (κ2) is 8.16. The van der Waals surface area contributed by atoms with E-state index in [1.807, 2.05) is 24.3 Å². The average Bonchev–Trinajstić information content (AvgIpc) is 3.47. The van der Waals surface area contributed by atoms with Crippen LogP contribution in [0.1, 0.15) is 23.1 Å². The molecule has 0 amide bonds. The Hall–Kier alpha value is -3.78. The first kappa shape index (κ1) is 21.7. The third kappa shape index (κ3) is 3.47. The van der Waals surface area contributed by atoms with Gasteiger partial charge in [0.2, 0.25) is 12.6 Å². The molecule has 0 spiro atoms. The van der Waals surface area contributed by atoms with Crippen LogP contribution >= 0.6 is 11.6 Å². The molecule has 6 rings (SSSR count). The minimum Gasteiger partial charge on any atom is -0.492 e. The van der Waals surface area contributed by atoms with Gasteiger partial charge in [0.25, 0.3) is 5.78 Å². The molecule has 1 saturated heterocycles. The molecule has 0 unspecified atom stereocenters. The first-order valence-electron chi connectivity index (χ1n) is 11.1. The number of fused-ring (bicyclic) bond motifs is 3. The number of ether oxygens (including phenoxy) is 4. The molecule has 2 heterocycles. The zero-order chi connectivity index (χ0) is 24.3. The summed E-state index contributed by atoms with van der Waals surface area (Å²) in [6.45, 7) is 0.302. The van der Waals surface area contributed by atoms with E-state index in [2.05, 4.69) is 5.32 Å². The maximum Gasteiger partial charge on any atom is 0.310 e. The van der Waals surface area contributed by atoms with Crippen molar-refractivity contribution in [2.24, 2.45) is 11.8 Å². The maximum absolute atomic E-state index is 13.1. The Labute approximate surface area is 205 Å². The summed E-state index contributed by atoms with van der Waals surface area (Å²) in [4.78, 5) is 37.8. The zero-order valence-electron chi connectivity index (χ0n) is 18.6. The highest BCUT2D eigenvalue weighted by molar-refractivity contribution is 6.47. The molecule has 0 saturated carbocycles. The average molecular weight is 494 g/mol. The van der Waals surface area contributed by atoms with E-state index < -0.39 is 23.4 Å². The number of benzene rings is 2. The fraction of sp³-hybridized carbons (Fsp3) is 0.269. The number of esters is 1. The number of carbonyl (C=O) groups excluding carboxylic acids is 3. The van der Waals surface area contributed by atoms with Gasteiger partial charge in [0.1, 0.15) is 0 Å². The number of cyclic esters (lactones) is 1. The lowest BCUT2D eigenvalue weighted by molar-refractivity contribution is -0.141. The van der Waals surface area contributed by atoms with Gasteiger partial charge in [0, 0.05) is 22.5 Å². The van der Waals surface area contributed by atoms with Crippen molar-refractivity contribution >= 4 is 34.8 Å². The van der Waals surface area contributed by atoms with Crippen LogP contribution in [0, 0.1) is 11.8 Å². The van der Waals surface area contributed by atoms with Gasteiger partial charge < -0.3 is 24.3 Å². The summed E-state index contributed by atoms with van der Waals surface area (Å²) >= 11 is 6.06. The van der Waals surface area contributed by atoms with Crippen molar-refractivity contribution in [2.45, 2.75) is 12.0 Å². The summed E-state index contributed by atoms with van der Waals surface area (Å²) in [5.41, 5.74) is 3.04. The van der Waals surface area contributed by atoms with Crippen LogP contribution < -0.4 is 14.8 Å². The lowest BCUT2D eigenvalue weighted by Crippen LogP contribution is -2.38. The van der Waals surface area contributed by atoms with Crippen LogP contribution in [0.3, 0.4) is 0 Å². The fourth-order valence-electron chi connectivity index (χ4n) is 5.40. The lowest BCUT2D eigenvalue weighted by atomic mass is 9.64. The second-order valence-corrected chi connectivity index (χ2v) is 9.25. The third-order valence-electron chi connectivity index (χ3n) is 6.98. The Morgan fingerprint density at radius 1 is 0.971 bits per heavy atom. The number of methoxy groups -OCH3 is 1. The van der Waals surface area contributed by atoms with Crippen LogP contribution in [0.5, 0.6) is 11.5 Å². The highest BCUT2D eigenvalue weighted by atomic mass is 35.5. The van der Waals surface area contributed by atoms with Crippen molar-refractivity contribution in [3.05, 3.63) is 76.0 Å². The molecule has 0 bridgehead atoms. The van der Waals surface area contributed by atoms with E-state index in [1.54, 1.807) is 18.2 Å². The van der Waals surface area contributed by atoms with E-state index in [0.29, 0.717) is 22.1 Å². The zero-order valence-corrected chi connectivity index (χ0v) is 19.3. The highest BCUT2D eigenvalue weighted by Gasteiger charge is 2.53. The quantitative estimate of drug-likeness (QED) is 0.391. The molecule has 0 aromatic heterocycles. The minimum atomic E-state index is -0.717. The van der Waals surface area contributed by atoms with Gasteiger partial charge in [0.05, 0.1) is 25.7 Å². The molecular formula is C26H20ClNO7. The number of ketones is 2. The summed E-state index contributed by atoms with van der Waals surface area (Å²) in [6.07, 6.45) is 2.83. The van der Waals surface area contributed by atoms with Gasteiger partial charge in [-0.3, -0.25) is 14.4 Å². The Balaban J connectivity index is 1.53. The van der Waals surface area contributed by atoms with E-state index in [4.69, 9.17) is 30.5 Å². The topological polar surface area (TPSA) is 100 Å². The molecule has 2 aromatic carbocycles. The number of anilines is 1. The molecule has 4 atom stereocenters. The highest BCUT2D eigenvalue weighted by Crippen LogP contribution is 2.55. The first-order valence-corrected chi connectivity index (χ1v) is 11.5. The van der Waals surface area contributed by atoms with Gasteiger partial charge in [-0.1, -0.05) is 11.6 Å². The predicted octanol–water partition coefficient (Wildman–Crippen LogP) is 3.72. The molecular weight excluding hydrogens is 474 g/mol. The van der Waals surface area contributed by atoms with Crippen LogP contribution in [0.2, 0.25) is 5.02 Å². The van der Waals surface area contributed by atoms with Crippen molar-refractivity contribution < 1.29 is 33.3 Å². The van der Waals surface area contributed by atoms with Gasteiger partial charge in [-0.2, -0.15) is 0 Å². The molecule has 4 aliphatic rings. The number of Topliss-reactive ketones (excluding diaryl/α,β-unsaturated/α-hetero) is 1. The smallest absolute Gasteiger partial charge is 0.310 e. The fourth-order valence-corrected chi connectivity index (χ4v) is 5.53. The van der Waals surface area contributed by atoms with E-state index in [9.17, 15) is 14.4 Å². The number of halogens is 1. The molecule has 178 valence electrons. The van der Waals surface area contributed by atoms with Crippen molar-refractivity contribution in [3.63, 3.8) is 0 Å². The normalized spacial score (nSPS) is 26.4. The van der Waals surface area contributed by atoms with Gasteiger partial charge in [-0.25, -0.2) is 0 Å². The number of hydrogen-bond donors (Lipinski definition) is 1. The number of nitrogens with one attached hydrogen (secondary N) is 1. The molecule has 2 aliphatic carbocycles. The standard InChI is InChI=1S/C26H20ClNO7/c1-32-21-7-12(6-18(29)25(21)30)22-15-8-19-20(35-11-34-19)9-16(15)24(17-10-33-26(31)23(17)22)28-14-4-2-13(27)3-5-14/h2-9,17,22-24,28H,10-11H2,1H3/t17-,22+,23-,24+/m0/s1. The largest absolute Gasteiger partial charge is 0.492 e. The molecule has 9 heteroatoms.